The fourth-order valence-electron chi connectivity index (χ4n) is 7.14. The highest BCUT2D eigenvalue weighted by Gasteiger charge is 2.46. The van der Waals surface area contributed by atoms with Gasteiger partial charge in [-0.3, -0.25) is 14.4 Å². The summed E-state index contributed by atoms with van der Waals surface area (Å²) in [5.74, 6) is -0.927. The Kier molecular flexibility index (Phi) is 11.6. The van der Waals surface area contributed by atoms with Crippen molar-refractivity contribution in [1.82, 2.24) is 25.8 Å². The third kappa shape index (κ3) is 9.19. The predicted molar refractivity (Wildman–Crippen MR) is 170 cm³/mol. The van der Waals surface area contributed by atoms with Crippen LogP contribution < -0.4 is 16.0 Å². The molecule has 2 aliphatic carbocycles. The van der Waals surface area contributed by atoms with E-state index in [0.29, 0.717) is 50.4 Å². The summed E-state index contributed by atoms with van der Waals surface area (Å²) < 4.78 is 5.10. The lowest BCUT2D eigenvalue weighted by atomic mass is 9.89. The zero-order valence-electron chi connectivity index (χ0n) is 26.3. The Morgan fingerprint density at radius 2 is 1.77 bits per heavy atom. The molecule has 1 aromatic rings. The van der Waals surface area contributed by atoms with Crippen molar-refractivity contribution in [3.63, 3.8) is 0 Å². The highest BCUT2D eigenvalue weighted by Crippen LogP contribution is 2.53. The lowest BCUT2D eigenvalue weighted by Crippen LogP contribution is -2.61. The van der Waals surface area contributed by atoms with Crippen molar-refractivity contribution in [3.05, 3.63) is 22.4 Å². The molecule has 3 N–H and O–H groups in total. The molecule has 11 heteroatoms. The molecular weight excluding hydrogens is 578 g/mol. The van der Waals surface area contributed by atoms with Crippen LogP contribution in [-0.2, 0) is 25.7 Å². The number of piperidine rings is 2. The molecule has 2 aliphatic heterocycles. The van der Waals surface area contributed by atoms with Gasteiger partial charge < -0.3 is 30.5 Å². The van der Waals surface area contributed by atoms with E-state index in [2.05, 4.69) is 16.0 Å². The quantitative estimate of drug-likeness (QED) is 0.236. The summed E-state index contributed by atoms with van der Waals surface area (Å²) in [5, 5.41) is 11.9. The fraction of sp³-hybridized carbons (Fsp3) is 0.758. The molecule has 3 heterocycles. The van der Waals surface area contributed by atoms with Gasteiger partial charge in [-0.1, -0.05) is 25.3 Å². The molecule has 4 fully saturated rings. The first-order chi connectivity index (χ1) is 21.3. The maximum absolute atomic E-state index is 14.1. The van der Waals surface area contributed by atoms with Gasteiger partial charge in [0, 0.05) is 50.1 Å². The zero-order valence-corrected chi connectivity index (χ0v) is 27.1. The summed E-state index contributed by atoms with van der Waals surface area (Å²) >= 11 is 1.59. The molecule has 3 atom stereocenters. The number of rotatable bonds is 12. The van der Waals surface area contributed by atoms with Crippen molar-refractivity contribution in [2.45, 2.75) is 115 Å². The van der Waals surface area contributed by atoms with Gasteiger partial charge in [0.05, 0.1) is 25.1 Å². The number of unbranched alkanes of at least 4 members (excludes halogenated alkanes) is 1. The van der Waals surface area contributed by atoms with Crippen molar-refractivity contribution in [1.29, 1.82) is 0 Å². The Bertz CT molecular complexity index is 1110. The molecule has 1 aromatic heterocycles. The van der Waals surface area contributed by atoms with Crippen LogP contribution in [0.2, 0.25) is 0 Å². The van der Waals surface area contributed by atoms with Crippen LogP contribution in [0.15, 0.2) is 17.5 Å². The minimum atomic E-state index is -0.532. The molecule has 5 rings (SSSR count). The standard InChI is InChI=1S/C33H51N5O5S/c1-24(39)43-20-6-5-11-29(35-25-8-3-2-4-9-25)31(41)38-17-12-28(27(23-38)30(40)34-22-26-10-7-21-44-26)36-32(42)37-18-15-33(13-14-33)16-19-37/h7,10,21,25,27-29,35H,2-6,8-9,11-20,22-23H2,1H3,(H,34,40)(H,36,42)/t27-,28+,29?/m0/s1. The molecule has 0 radical (unpaired) electrons. The third-order valence-electron chi connectivity index (χ3n) is 10.2. The summed E-state index contributed by atoms with van der Waals surface area (Å²) in [6.07, 6.45) is 13.0. The molecule has 0 bridgehead atoms. The summed E-state index contributed by atoms with van der Waals surface area (Å²) in [4.78, 5) is 57.0. The number of amides is 4. The van der Waals surface area contributed by atoms with Crippen LogP contribution in [0.1, 0.15) is 95.3 Å². The van der Waals surface area contributed by atoms with E-state index in [1.807, 2.05) is 27.3 Å². The number of nitrogens with zero attached hydrogens (tertiary/aromatic N) is 2. The maximum Gasteiger partial charge on any atom is 0.317 e. The minimum Gasteiger partial charge on any atom is -0.466 e. The highest BCUT2D eigenvalue weighted by molar-refractivity contribution is 7.09. The van der Waals surface area contributed by atoms with Crippen LogP contribution in [0.5, 0.6) is 0 Å². The molecule has 4 amide bonds. The van der Waals surface area contributed by atoms with E-state index in [1.54, 1.807) is 11.3 Å². The van der Waals surface area contributed by atoms with Gasteiger partial charge in [-0.2, -0.15) is 0 Å². The molecule has 2 saturated carbocycles. The number of thiophene rings is 1. The monoisotopic (exact) mass is 629 g/mol. The Balaban J connectivity index is 1.22. The average Bonchev–Trinajstić information content (AvgIpc) is 3.56. The van der Waals surface area contributed by atoms with Crippen LogP contribution in [0.4, 0.5) is 4.79 Å². The van der Waals surface area contributed by atoms with Crippen LogP contribution in [0.25, 0.3) is 0 Å². The molecule has 244 valence electrons. The summed E-state index contributed by atoms with van der Waals surface area (Å²) in [5.41, 5.74) is 0.481. The lowest BCUT2D eigenvalue weighted by Gasteiger charge is -2.41. The first kappa shape index (κ1) is 32.7. The second kappa shape index (κ2) is 15.6. The number of nitrogens with one attached hydrogen (secondary N) is 3. The van der Waals surface area contributed by atoms with Gasteiger partial charge in [-0.15, -0.1) is 11.3 Å². The average molecular weight is 630 g/mol. The van der Waals surface area contributed by atoms with Gasteiger partial charge >= 0.3 is 12.0 Å². The predicted octanol–water partition coefficient (Wildman–Crippen LogP) is 4.19. The topological polar surface area (TPSA) is 120 Å². The van der Waals surface area contributed by atoms with Gasteiger partial charge in [0.1, 0.15) is 0 Å². The number of carbonyl (C=O) groups excluding carboxylic acids is 4. The Labute approximate surface area is 266 Å². The maximum atomic E-state index is 14.1. The molecule has 2 saturated heterocycles. The van der Waals surface area contributed by atoms with E-state index in [-0.39, 0.29) is 42.4 Å². The molecule has 44 heavy (non-hydrogen) atoms. The van der Waals surface area contributed by atoms with Crippen molar-refractivity contribution < 1.29 is 23.9 Å². The molecular formula is C33H51N5O5S. The van der Waals surface area contributed by atoms with Crippen LogP contribution in [-0.4, -0.2) is 84.5 Å². The number of likely N-dealkylation sites (tertiary alicyclic amines) is 2. The number of hydrogen-bond acceptors (Lipinski definition) is 7. The van der Waals surface area contributed by atoms with Crippen LogP contribution in [0, 0.1) is 11.3 Å². The first-order valence-electron chi connectivity index (χ1n) is 16.9. The summed E-state index contributed by atoms with van der Waals surface area (Å²) in [6, 6.07) is 3.50. The van der Waals surface area contributed by atoms with Gasteiger partial charge in [-0.05, 0) is 81.1 Å². The van der Waals surface area contributed by atoms with Gasteiger partial charge in [0.2, 0.25) is 11.8 Å². The number of hydrogen-bond donors (Lipinski definition) is 3. The molecule has 0 aromatic carbocycles. The first-order valence-corrected chi connectivity index (χ1v) is 17.7. The highest BCUT2D eigenvalue weighted by atomic mass is 32.1. The Morgan fingerprint density at radius 3 is 2.45 bits per heavy atom. The van der Waals surface area contributed by atoms with Gasteiger partial charge in [0.15, 0.2) is 0 Å². The summed E-state index contributed by atoms with van der Waals surface area (Å²) in [7, 11) is 0. The van der Waals surface area contributed by atoms with Crippen molar-refractivity contribution in [3.8, 4) is 0 Å². The Morgan fingerprint density at radius 1 is 1.00 bits per heavy atom. The number of esters is 1. The van der Waals surface area contributed by atoms with Crippen LogP contribution >= 0.6 is 11.3 Å². The van der Waals surface area contributed by atoms with Crippen molar-refractivity contribution >= 4 is 35.2 Å². The smallest absolute Gasteiger partial charge is 0.317 e. The third-order valence-corrected chi connectivity index (χ3v) is 11.1. The van der Waals surface area contributed by atoms with E-state index >= 15 is 0 Å². The van der Waals surface area contributed by atoms with Gasteiger partial charge in [0.25, 0.3) is 0 Å². The van der Waals surface area contributed by atoms with Crippen molar-refractivity contribution in [2.75, 3.05) is 32.8 Å². The second-order valence-corrected chi connectivity index (χ2v) is 14.4. The SMILES string of the molecule is CC(=O)OCCCCC(NC1CCCCC1)C(=O)N1CC[C@@H](NC(=O)N2CCC3(CC2)CC3)[C@@H](C(=O)NCc2cccs2)C1. The molecule has 10 nitrogen and oxygen atoms in total. The molecule has 4 aliphatic rings. The number of carbonyl (C=O) groups is 4. The zero-order chi connectivity index (χ0) is 30.9. The van der Waals surface area contributed by atoms with Crippen LogP contribution in [0.3, 0.4) is 0 Å². The largest absolute Gasteiger partial charge is 0.466 e. The number of urea groups is 1. The Hall–Kier alpha value is -2.66. The minimum absolute atomic E-state index is 0.0228. The van der Waals surface area contributed by atoms with E-state index in [1.165, 1.54) is 39.0 Å². The van der Waals surface area contributed by atoms with Gasteiger partial charge in [-0.25, -0.2) is 4.79 Å². The number of ether oxygens (including phenoxy) is 1. The van der Waals surface area contributed by atoms with Crippen molar-refractivity contribution in [2.24, 2.45) is 11.3 Å². The lowest BCUT2D eigenvalue weighted by molar-refractivity contribution is -0.142. The summed E-state index contributed by atoms with van der Waals surface area (Å²) in [6.45, 7) is 4.51. The fourth-order valence-corrected chi connectivity index (χ4v) is 7.78. The van der Waals surface area contributed by atoms with E-state index in [9.17, 15) is 19.2 Å². The molecule has 1 unspecified atom stereocenters. The second-order valence-electron chi connectivity index (χ2n) is 13.4. The van der Waals surface area contributed by atoms with E-state index < -0.39 is 5.92 Å². The van der Waals surface area contributed by atoms with E-state index in [0.717, 1.165) is 50.1 Å². The normalized spacial score (nSPS) is 24.0. The van der Waals surface area contributed by atoms with E-state index in [4.69, 9.17) is 4.74 Å². The molecule has 1 spiro atoms.